The van der Waals surface area contributed by atoms with E-state index in [4.69, 9.17) is 18.9 Å². The predicted molar refractivity (Wildman–Crippen MR) is 170 cm³/mol. The second-order valence-corrected chi connectivity index (χ2v) is 11.9. The molecule has 5 rings (SSSR count). The van der Waals surface area contributed by atoms with Crippen molar-refractivity contribution in [2.75, 3.05) is 39.8 Å². The van der Waals surface area contributed by atoms with E-state index in [0.29, 0.717) is 63.0 Å². The van der Waals surface area contributed by atoms with Crippen molar-refractivity contribution in [2.24, 2.45) is 0 Å². The Morgan fingerprint density at radius 3 is 1.64 bits per heavy atom. The van der Waals surface area contributed by atoms with Crippen molar-refractivity contribution in [1.29, 1.82) is 0 Å². The zero-order chi connectivity index (χ0) is 31.6. The van der Waals surface area contributed by atoms with Crippen LogP contribution in [0.4, 0.5) is 0 Å². The molecule has 0 unspecified atom stereocenters. The van der Waals surface area contributed by atoms with Crippen LogP contribution in [0.2, 0.25) is 0 Å². The average molecular weight is 617 g/mol. The highest BCUT2D eigenvalue weighted by Crippen LogP contribution is 2.27. The molecule has 2 aromatic heterocycles. The van der Waals surface area contributed by atoms with Crippen molar-refractivity contribution in [3.05, 3.63) is 70.3 Å². The molecule has 0 amide bonds. The van der Waals surface area contributed by atoms with E-state index in [9.17, 15) is 9.59 Å². The Balaban J connectivity index is 1.05. The Morgan fingerprint density at radius 2 is 1.20 bits per heavy atom. The van der Waals surface area contributed by atoms with Crippen molar-refractivity contribution in [2.45, 2.75) is 72.4 Å². The summed E-state index contributed by atoms with van der Waals surface area (Å²) in [5.41, 5.74) is 5.77. The summed E-state index contributed by atoms with van der Waals surface area (Å²) < 4.78 is 23.7. The highest BCUT2D eigenvalue weighted by atomic mass is 16.5. The maximum atomic E-state index is 11.2. The number of pyridine rings is 2. The molecule has 10 heteroatoms. The van der Waals surface area contributed by atoms with Gasteiger partial charge in [0.05, 0.1) is 13.2 Å². The van der Waals surface area contributed by atoms with E-state index in [0.717, 1.165) is 63.0 Å². The first-order chi connectivity index (χ1) is 21.8. The number of Topliss-reactive ketones (excluding diaryl/α,β-unsaturated/α-hetero) is 2. The topological polar surface area (TPSA) is 103 Å². The number of aromatic nitrogens is 2. The number of nitrogens with zero attached hydrogens (tertiary/aromatic N) is 4. The molecule has 0 saturated heterocycles. The fraction of sp³-hybridized carbons (Fsp3) is 0.486. The molecule has 0 spiro atoms. The van der Waals surface area contributed by atoms with E-state index in [2.05, 4.69) is 44.9 Å². The lowest BCUT2D eigenvalue weighted by atomic mass is 9.98. The Bertz CT molecular complexity index is 1370. The number of fused-ring (bicyclic) bond motifs is 2. The van der Waals surface area contributed by atoms with E-state index in [1.807, 2.05) is 24.3 Å². The zero-order valence-electron chi connectivity index (χ0n) is 26.7. The smallest absolute Gasteiger partial charge is 0.222 e. The quantitative estimate of drug-likeness (QED) is 0.217. The van der Waals surface area contributed by atoms with Crippen LogP contribution in [0.15, 0.2) is 42.5 Å². The van der Waals surface area contributed by atoms with E-state index in [-0.39, 0.29) is 11.6 Å². The SMILES string of the molecule is CC(=O)CCCN1COc2nc(OCCc3cccc(CCOc4ccc5c(n4)OCN(CCCC(C)=O)C5)c3C)ccc2C1. The monoisotopic (exact) mass is 616 g/mol. The van der Waals surface area contributed by atoms with Crippen LogP contribution >= 0.6 is 0 Å². The normalized spacial score (nSPS) is 14.6. The molecule has 10 nitrogen and oxygen atoms in total. The molecule has 0 atom stereocenters. The maximum Gasteiger partial charge on any atom is 0.222 e. The summed E-state index contributed by atoms with van der Waals surface area (Å²) >= 11 is 0. The number of hydrogen-bond acceptors (Lipinski definition) is 10. The van der Waals surface area contributed by atoms with Crippen LogP contribution in [-0.2, 0) is 35.5 Å². The summed E-state index contributed by atoms with van der Waals surface area (Å²) in [7, 11) is 0. The fourth-order valence-corrected chi connectivity index (χ4v) is 5.63. The first kappa shape index (κ1) is 32.4. The first-order valence-corrected chi connectivity index (χ1v) is 15.9. The van der Waals surface area contributed by atoms with Crippen LogP contribution in [0, 0.1) is 6.92 Å². The van der Waals surface area contributed by atoms with Gasteiger partial charge in [0, 0.05) is 75.1 Å². The summed E-state index contributed by atoms with van der Waals surface area (Å²) in [4.78, 5) is 35.9. The molecular weight excluding hydrogens is 572 g/mol. The highest BCUT2D eigenvalue weighted by molar-refractivity contribution is 5.75. The van der Waals surface area contributed by atoms with E-state index in [1.165, 1.54) is 16.7 Å². The number of carbonyl (C=O) groups excluding carboxylic acids is 2. The summed E-state index contributed by atoms with van der Waals surface area (Å²) in [5.74, 6) is 2.80. The summed E-state index contributed by atoms with van der Waals surface area (Å²) in [6.45, 7) is 10.5. The Kier molecular flexibility index (Phi) is 11.4. The molecular formula is C35H44N4O6. The molecule has 1 aromatic carbocycles. The molecule has 0 aliphatic carbocycles. The predicted octanol–water partition coefficient (Wildman–Crippen LogP) is 5.07. The standard InChI is InChI=1S/C35H44N4O6/c1-25(40)7-5-17-38-21-30-11-13-32(36-34(30)44-23-38)42-19-15-28-9-4-10-29(27(28)3)16-20-43-33-14-12-31-22-39(18-6-8-26(2)41)24-45-35(31)37-33/h4,9-14H,5-8,15-24H2,1-3H3. The van der Waals surface area contributed by atoms with Crippen LogP contribution < -0.4 is 18.9 Å². The van der Waals surface area contributed by atoms with Gasteiger partial charge in [0.25, 0.3) is 0 Å². The van der Waals surface area contributed by atoms with Gasteiger partial charge in [0.15, 0.2) is 0 Å². The Hall–Kier alpha value is -4.02. The molecule has 0 fully saturated rings. The van der Waals surface area contributed by atoms with Gasteiger partial charge in [-0.1, -0.05) is 18.2 Å². The van der Waals surface area contributed by atoms with E-state index in [1.54, 1.807) is 13.8 Å². The number of ketones is 2. The maximum absolute atomic E-state index is 11.2. The molecule has 4 heterocycles. The fourth-order valence-electron chi connectivity index (χ4n) is 5.63. The van der Waals surface area contributed by atoms with E-state index < -0.39 is 0 Å². The molecule has 45 heavy (non-hydrogen) atoms. The molecule has 0 saturated carbocycles. The highest BCUT2D eigenvalue weighted by Gasteiger charge is 2.20. The van der Waals surface area contributed by atoms with Gasteiger partial charge >= 0.3 is 0 Å². The minimum Gasteiger partial charge on any atom is -0.477 e. The number of rotatable bonds is 16. The number of carbonyl (C=O) groups is 2. The summed E-state index contributed by atoms with van der Waals surface area (Å²) in [6.07, 6.45) is 4.39. The van der Waals surface area contributed by atoms with Gasteiger partial charge in [-0.05, 0) is 62.4 Å². The van der Waals surface area contributed by atoms with Gasteiger partial charge < -0.3 is 28.5 Å². The minimum absolute atomic E-state index is 0.218. The van der Waals surface area contributed by atoms with E-state index >= 15 is 0 Å². The van der Waals surface area contributed by atoms with Crippen molar-refractivity contribution in [1.82, 2.24) is 19.8 Å². The van der Waals surface area contributed by atoms with Gasteiger partial charge in [-0.2, -0.15) is 9.97 Å². The Morgan fingerprint density at radius 1 is 0.733 bits per heavy atom. The number of hydrogen-bond donors (Lipinski definition) is 0. The average Bonchev–Trinajstić information content (AvgIpc) is 3.02. The zero-order valence-corrected chi connectivity index (χ0v) is 26.7. The molecule has 240 valence electrons. The van der Waals surface area contributed by atoms with Gasteiger partial charge in [0.1, 0.15) is 25.0 Å². The third-order valence-electron chi connectivity index (χ3n) is 8.19. The number of ether oxygens (including phenoxy) is 4. The third-order valence-corrected chi connectivity index (χ3v) is 8.19. The molecule has 0 radical (unpaired) electrons. The van der Waals surface area contributed by atoms with Crippen molar-refractivity contribution >= 4 is 11.6 Å². The summed E-state index contributed by atoms with van der Waals surface area (Å²) in [6, 6.07) is 14.2. The van der Waals surface area contributed by atoms with Gasteiger partial charge in [-0.3, -0.25) is 9.80 Å². The van der Waals surface area contributed by atoms with Crippen molar-refractivity contribution in [3.8, 4) is 23.5 Å². The second-order valence-electron chi connectivity index (χ2n) is 11.9. The lowest BCUT2D eigenvalue weighted by molar-refractivity contribution is -0.118. The summed E-state index contributed by atoms with van der Waals surface area (Å²) in [5, 5.41) is 0. The van der Waals surface area contributed by atoms with Crippen LogP contribution in [0.25, 0.3) is 0 Å². The molecule has 3 aromatic rings. The van der Waals surface area contributed by atoms with Gasteiger partial charge in [-0.25, -0.2) is 0 Å². The van der Waals surface area contributed by atoms with Gasteiger partial charge in [-0.15, -0.1) is 0 Å². The number of benzene rings is 1. The lowest BCUT2D eigenvalue weighted by Crippen LogP contribution is -2.33. The van der Waals surface area contributed by atoms with Crippen LogP contribution in [0.3, 0.4) is 0 Å². The molecule has 2 aliphatic heterocycles. The Labute approximate surface area is 265 Å². The van der Waals surface area contributed by atoms with Crippen LogP contribution in [0.5, 0.6) is 23.5 Å². The van der Waals surface area contributed by atoms with Crippen molar-refractivity contribution in [3.63, 3.8) is 0 Å². The van der Waals surface area contributed by atoms with Crippen molar-refractivity contribution < 1.29 is 28.5 Å². The second kappa shape index (κ2) is 15.8. The van der Waals surface area contributed by atoms with Crippen LogP contribution in [0.1, 0.15) is 67.3 Å². The third kappa shape index (κ3) is 9.48. The molecule has 2 aliphatic rings. The minimum atomic E-state index is 0.218. The molecule has 0 N–H and O–H groups in total. The van der Waals surface area contributed by atoms with Gasteiger partial charge in [0.2, 0.25) is 23.5 Å². The lowest BCUT2D eigenvalue weighted by Gasteiger charge is -2.28. The molecule has 0 bridgehead atoms. The first-order valence-electron chi connectivity index (χ1n) is 15.9. The largest absolute Gasteiger partial charge is 0.477 e. The van der Waals surface area contributed by atoms with Crippen LogP contribution in [-0.4, -0.2) is 71.1 Å².